The summed E-state index contributed by atoms with van der Waals surface area (Å²) in [5, 5.41) is 9.09. The van der Waals surface area contributed by atoms with Crippen molar-refractivity contribution < 1.29 is 19.4 Å². The Bertz CT molecular complexity index is 679. The van der Waals surface area contributed by atoms with E-state index in [2.05, 4.69) is 4.74 Å². The number of esters is 1. The topological polar surface area (TPSA) is 89.6 Å². The average molecular weight is 271 g/mol. The smallest absolute Gasteiger partial charge is 0.338 e. The van der Waals surface area contributed by atoms with Crippen LogP contribution in [0, 0.1) is 0 Å². The second-order valence-corrected chi connectivity index (χ2v) is 4.18. The molecule has 0 unspecified atom stereocenters. The molecule has 0 spiro atoms. The van der Waals surface area contributed by atoms with Gasteiger partial charge in [-0.05, 0) is 35.4 Å². The van der Waals surface area contributed by atoms with Gasteiger partial charge in [0.15, 0.2) is 0 Å². The molecule has 2 aromatic carbocycles. The van der Waals surface area contributed by atoms with Crippen LogP contribution in [0.15, 0.2) is 42.5 Å². The maximum atomic E-state index is 11.7. The summed E-state index contributed by atoms with van der Waals surface area (Å²) in [6, 6.07) is 11.6. The molecule has 0 aliphatic carbocycles. The molecule has 2 aromatic rings. The van der Waals surface area contributed by atoms with Gasteiger partial charge in [-0.15, -0.1) is 0 Å². The first-order chi connectivity index (χ1) is 9.52. The van der Waals surface area contributed by atoms with Crippen LogP contribution in [0.2, 0.25) is 0 Å². The number of hydrogen-bond donors (Lipinski definition) is 2. The van der Waals surface area contributed by atoms with Crippen molar-refractivity contribution in [3.8, 4) is 11.1 Å². The molecule has 0 saturated carbocycles. The van der Waals surface area contributed by atoms with E-state index in [9.17, 15) is 9.59 Å². The Balaban J connectivity index is 2.57. The molecule has 5 heteroatoms. The molecule has 0 heterocycles. The van der Waals surface area contributed by atoms with E-state index in [1.807, 2.05) is 6.07 Å². The Morgan fingerprint density at radius 2 is 1.75 bits per heavy atom. The highest BCUT2D eigenvalue weighted by Gasteiger charge is 2.18. The molecule has 0 aliphatic rings. The van der Waals surface area contributed by atoms with Crippen LogP contribution in [-0.4, -0.2) is 24.2 Å². The minimum Gasteiger partial charge on any atom is -0.478 e. The molecular weight excluding hydrogens is 258 g/mol. The van der Waals surface area contributed by atoms with Gasteiger partial charge in [0.2, 0.25) is 0 Å². The predicted molar refractivity (Wildman–Crippen MR) is 74.6 cm³/mol. The summed E-state index contributed by atoms with van der Waals surface area (Å²) < 4.78 is 4.61. The fourth-order valence-corrected chi connectivity index (χ4v) is 1.91. The Morgan fingerprint density at radius 1 is 1.05 bits per heavy atom. The first-order valence-electron chi connectivity index (χ1n) is 5.84. The number of nitrogen functional groups attached to an aromatic ring is 1. The third-order valence-corrected chi connectivity index (χ3v) is 2.88. The first-order valence-corrected chi connectivity index (χ1v) is 5.84. The Hall–Kier alpha value is -2.82. The van der Waals surface area contributed by atoms with E-state index < -0.39 is 11.9 Å². The van der Waals surface area contributed by atoms with Gasteiger partial charge >= 0.3 is 11.9 Å². The van der Waals surface area contributed by atoms with Gasteiger partial charge in [-0.2, -0.15) is 0 Å². The Labute approximate surface area is 115 Å². The Morgan fingerprint density at radius 3 is 2.35 bits per heavy atom. The number of methoxy groups -OCH3 is 1. The molecule has 3 N–H and O–H groups in total. The van der Waals surface area contributed by atoms with Crippen molar-refractivity contribution in [1.29, 1.82) is 0 Å². The minimum absolute atomic E-state index is 0.0138. The summed E-state index contributed by atoms with van der Waals surface area (Å²) in [6.07, 6.45) is 0. The van der Waals surface area contributed by atoms with Crippen molar-refractivity contribution in [1.82, 2.24) is 0 Å². The van der Waals surface area contributed by atoms with Crippen molar-refractivity contribution in [2.75, 3.05) is 12.8 Å². The molecule has 0 amide bonds. The number of ether oxygens (including phenoxy) is 1. The number of anilines is 1. The van der Waals surface area contributed by atoms with Crippen molar-refractivity contribution in [3.63, 3.8) is 0 Å². The van der Waals surface area contributed by atoms with E-state index >= 15 is 0 Å². The van der Waals surface area contributed by atoms with E-state index in [-0.39, 0.29) is 11.1 Å². The zero-order chi connectivity index (χ0) is 14.7. The Kier molecular flexibility index (Phi) is 3.70. The van der Waals surface area contributed by atoms with Gasteiger partial charge in [0.05, 0.1) is 18.2 Å². The number of carbonyl (C=O) groups is 2. The molecule has 5 nitrogen and oxygen atoms in total. The molecule has 0 atom stereocenters. The van der Waals surface area contributed by atoms with Crippen LogP contribution in [0.3, 0.4) is 0 Å². The summed E-state index contributed by atoms with van der Waals surface area (Å²) >= 11 is 0. The molecule has 0 aromatic heterocycles. The number of hydrogen-bond acceptors (Lipinski definition) is 4. The lowest BCUT2D eigenvalue weighted by molar-refractivity contribution is 0.0583. The van der Waals surface area contributed by atoms with E-state index in [0.29, 0.717) is 11.3 Å². The summed E-state index contributed by atoms with van der Waals surface area (Å²) in [6.45, 7) is 0. The van der Waals surface area contributed by atoms with Crippen LogP contribution in [0.4, 0.5) is 5.69 Å². The number of aromatic carboxylic acids is 1. The highest BCUT2D eigenvalue weighted by molar-refractivity contribution is 6.03. The highest BCUT2D eigenvalue weighted by Crippen LogP contribution is 2.24. The second-order valence-electron chi connectivity index (χ2n) is 4.18. The lowest BCUT2D eigenvalue weighted by Gasteiger charge is -2.08. The van der Waals surface area contributed by atoms with Gasteiger partial charge in [0.1, 0.15) is 0 Å². The number of benzene rings is 2. The molecule has 20 heavy (non-hydrogen) atoms. The summed E-state index contributed by atoms with van der Waals surface area (Å²) in [5.74, 6) is -1.86. The molecule has 0 radical (unpaired) electrons. The van der Waals surface area contributed by atoms with Crippen LogP contribution in [0.25, 0.3) is 11.1 Å². The van der Waals surface area contributed by atoms with Gasteiger partial charge < -0.3 is 15.6 Å². The number of carbonyl (C=O) groups excluding carboxylic acids is 1. The van der Waals surface area contributed by atoms with E-state index in [0.717, 1.165) is 5.56 Å². The molecule has 0 bridgehead atoms. The van der Waals surface area contributed by atoms with Crippen LogP contribution in [0.1, 0.15) is 20.7 Å². The summed E-state index contributed by atoms with van der Waals surface area (Å²) in [7, 11) is 1.21. The average Bonchev–Trinajstić information content (AvgIpc) is 2.45. The highest BCUT2D eigenvalue weighted by atomic mass is 16.5. The largest absolute Gasteiger partial charge is 0.478 e. The lowest BCUT2D eigenvalue weighted by atomic mass is 9.99. The predicted octanol–water partition coefficient (Wildman–Crippen LogP) is 2.42. The van der Waals surface area contributed by atoms with Crippen molar-refractivity contribution in [2.45, 2.75) is 0 Å². The maximum absolute atomic E-state index is 11.7. The monoisotopic (exact) mass is 271 g/mol. The number of nitrogens with two attached hydrogens (primary N) is 1. The van der Waals surface area contributed by atoms with Crippen LogP contribution in [-0.2, 0) is 4.74 Å². The van der Waals surface area contributed by atoms with E-state index in [4.69, 9.17) is 10.8 Å². The molecule has 0 aliphatic heterocycles. The molecule has 0 fully saturated rings. The van der Waals surface area contributed by atoms with Gasteiger partial charge in [-0.1, -0.05) is 18.2 Å². The summed E-state index contributed by atoms with van der Waals surface area (Å²) in [4.78, 5) is 22.8. The van der Waals surface area contributed by atoms with Gasteiger partial charge in [0, 0.05) is 5.69 Å². The lowest BCUT2D eigenvalue weighted by Crippen LogP contribution is -2.10. The SMILES string of the molecule is COC(=O)c1cc(-c2cccc(N)c2)ccc1C(=O)O. The van der Waals surface area contributed by atoms with Crippen molar-refractivity contribution in [2.24, 2.45) is 0 Å². The fourth-order valence-electron chi connectivity index (χ4n) is 1.91. The molecule has 102 valence electrons. The van der Waals surface area contributed by atoms with Crippen LogP contribution in [0.5, 0.6) is 0 Å². The number of carboxylic acids is 1. The maximum Gasteiger partial charge on any atom is 0.338 e. The van der Waals surface area contributed by atoms with Gasteiger partial charge in [0.25, 0.3) is 0 Å². The fraction of sp³-hybridized carbons (Fsp3) is 0.0667. The van der Waals surface area contributed by atoms with Crippen LogP contribution >= 0.6 is 0 Å². The quantitative estimate of drug-likeness (QED) is 0.661. The summed E-state index contributed by atoms with van der Waals surface area (Å²) in [5.41, 5.74) is 7.72. The minimum atomic E-state index is -1.18. The van der Waals surface area contributed by atoms with Crippen LogP contribution < -0.4 is 5.73 Å². The van der Waals surface area contributed by atoms with Crippen molar-refractivity contribution >= 4 is 17.6 Å². The van der Waals surface area contributed by atoms with Gasteiger partial charge in [-0.25, -0.2) is 9.59 Å². The normalized spacial score (nSPS) is 10.1. The molecular formula is C15H13NO4. The zero-order valence-electron chi connectivity index (χ0n) is 10.8. The van der Waals surface area contributed by atoms with Crippen molar-refractivity contribution in [3.05, 3.63) is 53.6 Å². The molecule has 0 saturated heterocycles. The zero-order valence-corrected chi connectivity index (χ0v) is 10.8. The number of carboxylic acid groups (broad SMARTS) is 1. The van der Waals surface area contributed by atoms with E-state index in [1.165, 1.54) is 19.2 Å². The third-order valence-electron chi connectivity index (χ3n) is 2.88. The van der Waals surface area contributed by atoms with E-state index in [1.54, 1.807) is 24.3 Å². The third kappa shape index (κ3) is 2.61. The first kappa shape index (κ1) is 13.6. The molecule has 2 rings (SSSR count). The van der Waals surface area contributed by atoms with Gasteiger partial charge in [-0.3, -0.25) is 0 Å². The second kappa shape index (κ2) is 5.44. The number of rotatable bonds is 3. The standard InChI is InChI=1S/C15H13NO4/c1-20-15(19)13-8-10(5-6-12(13)14(17)18)9-3-2-4-11(16)7-9/h2-8H,16H2,1H3,(H,17,18).